The molecule has 44 heavy (non-hydrogen) atoms. The first kappa shape index (κ1) is 33.0. The summed E-state index contributed by atoms with van der Waals surface area (Å²) >= 11 is 1.01. The number of nitrogens with one attached hydrogen (secondary N) is 2. The average Bonchev–Trinajstić information content (AvgIpc) is 3.58. The van der Waals surface area contributed by atoms with Crippen molar-refractivity contribution in [3.05, 3.63) is 69.4 Å². The fourth-order valence-corrected chi connectivity index (χ4v) is 5.55. The van der Waals surface area contributed by atoms with Crippen LogP contribution in [0.1, 0.15) is 22.3 Å². The van der Waals surface area contributed by atoms with E-state index in [1.807, 2.05) is 0 Å². The Bertz CT molecular complexity index is 1610. The van der Waals surface area contributed by atoms with E-state index in [9.17, 15) is 44.7 Å². The van der Waals surface area contributed by atoms with Crippen molar-refractivity contribution >= 4 is 44.8 Å². The maximum Gasteiger partial charge on any atom is 0.393 e. The van der Waals surface area contributed by atoms with Crippen LogP contribution in [0.2, 0.25) is 0 Å². The molecule has 0 unspecified atom stereocenters. The van der Waals surface area contributed by atoms with Gasteiger partial charge in [0.05, 0.1) is 11.4 Å². The van der Waals surface area contributed by atoms with Crippen LogP contribution in [-0.4, -0.2) is 45.5 Å². The second kappa shape index (κ2) is 11.5. The van der Waals surface area contributed by atoms with Gasteiger partial charge in [0, 0.05) is 21.9 Å². The average molecular weight is 663 g/mol. The summed E-state index contributed by atoms with van der Waals surface area (Å²) in [5.41, 5.74) is 4.47. The molecule has 0 aliphatic heterocycles. The number of alkyl halides is 8. The predicted octanol–water partition coefficient (Wildman–Crippen LogP) is 8.29. The number of nitrogens with zero attached hydrogens (tertiary/aromatic N) is 2. The van der Waals surface area contributed by atoms with Crippen molar-refractivity contribution in [1.82, 2.24) is 9.97 Å². The third-order valence-electron chi connectivity index (χ3n) is 6.52. The number of carbonyl (C=O) groups excluding carboxylic acids is 2. The molecule has 0 aliphatic rings. The molecule has 2 amide bonds. The van der Waals surface area contributed by atoms with Crippen LogP contribution in [0.25, 0.3) is 22.5 Å². The Balaban J connectivity index is 1.52. The number of benzene rings is 2. The van der Waals surface area contributed by atoms with Gasteiger partial charge in [0.2, 0.25) is 0 Å². The zero-order valence-electron chi connectivity index (χ0n) is 23.2. The van der Waals surface area contributed by atoms with Gasteiger partial charge in [0.25, 0.3) is 0 Å². The molecule has 0 saturated heterocycles. The standard InChI is InChI=1S/C28H22F8N4O2S2/c1-13-5-7-17(15(3)9-13)19-11-43-23(37-19)39-21(41)25(29,30)27(33,34)28(35,36)26(31,32)22(42)40-24-38-20(12-44-24)18-8-6-14(2)10-16(18)4/h5-12H,1-4H3,(H,37,39,41)(H,38,40,42). The van der Waals surface area contributed by atoms with Crippen LogP contribution in [0, 0.1) is 27.7 Å². The van der Waals surface area contributed by atoms with Gasteiger partial charge in [0.15, 0.2) is 10.3 Å². The molecule has 0 aliphatic carbocycles. The number of carbonyl (C=O) groups is 2. The normalized spacial score (nSPS) is 12.7. The molecule has 0 spiro atoms. The number of hydrogen-bond acceptors (Lipinski definition) is 6. The van der Waals surface area contributed by atoms with E-state index in [2.05, 4.69) is 9.97 Å². The van der Waals surface area contributed by atoms with Crippen molar-refractivity contribution in [2.24, 2.45) is 0 Å². The van der Waals surface area contributed by atoms with Crippen molar-refractivity contribution < 1.29 is 44.7 Å². The van der Waals surface area contributed by atoms with Gasteiger partial charge in [0.1, 0.15) is 0 Å². The molecular weight excluding hydrogens is 640 g/mol. The highest BCUT2D eigenvalue weighted by Crippen LogP contribution is 2.53. The van der Waals surface area contributed by atoms with Gasteiger partial charge < -0.3 is 0 Å². The van der Waals surface area contributed by atoms with E-state index in [1.54, 1.807) is 64.1 Å². The summed E-state index contributed by atoms with van der Waals surface area (Å²) in [6, 6.07) is 10.2. The topological polar surface area (TPSA) is 84.0 Å². The van der Waals surface area contributed by atoms with Gasteiger partial charge in [-0.3, -0.25) is 20.2 Å². The second-order valence-electron chi connectivity index (χ2n) is 9.92. The van der Waals surface area contributed by atoms with Crippen LogP contribution in [-0.2, 0) is 9.59 Å². The first-order valence-electron chi connectivity index (χ1n) is 12.5. The Morgan fingerprint density at radius 3 is 1.27 bits per heavy atom. The largest absolute Gasteiger partial charge is 0.393 e. The van der Waals surface area contributed by atoms with Gasteiger partial charge in [-0.15, -0.1) is 22.7 Å². The number of anilines is 2. The van der Waals surface area contributed by atoms with E-state index in [1.165, 1.54) is 21.4 Å². The number of aryl methyl sites for hydroxylation is 4. The molecule has 0 radical (unpaired) electrons. The van der Waals surface area contributed by atoms with Crippen molar-refractivity contribution in [3.8, 4) is 22.5 Å². The molecule has 4 aromatic rings. The van der Waals surface area contributed by atoms with Gasteiger partial charge in [-0.1, -0.05) is 47.5 Å². The van der Waals surface area contributed by atoms with Crippen LogP contribution < -0.4 is 10.6 Å². The van der Waals surface area contributed by atoms with Crippen LogP contribution in [0.4, 0.5) is 45.4 Å². The maximum atomic E-state index is 14.6. The van der Waals surface area contributed by atoms with Crippen LogP contribution >= 0.6 is 22.7 Å². The Morgan fingerprint density at radius 1 is 0.614 bits per heavy atom. The van der Waals surface area contributed by atoms with Crippen LogP contribution in [0.3, 0.4) is 0 Å². The Hall–Kier alpha value is -3.92. The molecule has 234 valence electrons. The minimum Gasteiger partial charge on any atom is -0.296 e. The van der Waals surface area contributed by atoms with Crippen molar-refractivity contribution in [3.63, 3.8) is 0 Å². The third-order valence-corrected chi connectivity index (χ3v) is 8.03. The van der Waals surface area contributed by atoms with Crippen LogP contribution in [0.5, 0.6) is 0 Å². The zero-order valence-corrected chi connectivity index (χ0v) is 24.8. The fraction of sp³-hybridized carbons (Fsp3) is 0.286. The van der Waals surface area contributed by atoms with E-state index in [-0.39, 0.29) is 11.4 Å². The Labute approximate surface area is 253 Å². The number of halogens is 8. The third kappa shape index (κ3) is 5.79. The highest BCUT2D eigenvalue weighted by molar-refractivity contribution is 7.14. The first-order valence-corrected chi connectivity index (χ1v) is 14.3. The Kier molecular flexibility index (Phi) is 8.65. The summed E-state index contributed by atoms with van der Waals surface area (Å²) in [5.74, 6) is -33.0. The summed E-state index contributed by atoms with van der Waals surface area (Å²) in [4.78, 5) is 31.9. The van der Waals surface area contributed by atoms with E-state index >= 15 is 0 Å². The summed E-state index contributed by atoms with van der Waals surface area (Å²) in [6.07, 6.45) is 0. The molecule has 16 heteroatoms. The lowest BCUT2D eigenvalue weighted by atomic mass is 9.97. The monoisotopic (exact) mass is 662 g/mol. The van der Waals surface area contributed by atoms with Gasteiger partial charge in [-0.25, -0.2) is 9.97 Å². The minimum atomic E-state index is -7.04. The molecule has 0 fully saturated rings. The maximum absolute atomic E-state index is 14.6. The molecule has 0 atom stereocenters. The molecule has 0 saturated carbocycles. The lowest BCUT2D eigenvalue weighted by Gasteiger charge is -2.35. The number of amides is 2. The van der Waals surface area contributed by atoms with Gasteiger partial charge >= 0.3 is 35.5 Å². The second-order valence-corrected chi connectivity index (χ2v) is 11.6. The van der Waals surface area contributed by atoms with E-state index in [4.69, 9.17) is 0 Å². The smallest absolute Gasteiger partial charge is 0.296 e. The minimum absolute atomic E-state index is 0.147. The first-order chi connectivity index (χ1) is 20.3. The SMILES string of the molecule is Cc1ccc(-c2csc(NC(=O)C(F)(F)C(F)(F)C(F)(F)C(F)(F)C(=O)Nc3nc(-c4ccc(C)cc4C)cs3)n2)c(C)c1. The molecule has 2 heterocycles. The molecule has 2 aromatic carbocycles. The van der Waals surface area contributed by atoms with E-state index in [0.717, 1.165) is 11.1 Å². The highest BCUT2D eigenvalue weighted by Gasteiger charge is 2.84. The molecule has 6 nitrogen and oxygen atoms in total. The van der Waals surface area contributed by atoms with Crippen molar-refractivity contribution in [2.45, 2.75) is 51.4 Å². The quantitative estimate of drug-likeness (QED) is 0.177. The van der Waals surface area contributed by atoms with Crippen LogP contribution in [0.15, 0.2) is 47.2 Å². The molecule has 0 bridgehead atoms. The van der Waals surface area contributed by atoms with Gasteiger partial charge in [-0.05, 0) is 38.8 Å². The molecule has 4 rings (SSSR count). The molecular formula is C28H22F8N4O2S2. The zero-order chi connectivity index (χ0) is 32.8. The number of thiazole rings is 2. The summed E-state index contributed by atoms with van der Waals surface area (Å²) < 4.78 is 116. The van der Waals surface area contributed by atoms with Gasteiger partial charge in [-0.2, -0.15) is 35.1 Å². The van der Waals surface area contributed by atoms with E-state index in [0.29, 0.717) is 44.9 Å². The van der Waals surface area contributed by atoms with E-state index < -0.39 is 45.8 Å². The summed E-state index contributed by atoms with van der Waals surface area (Å²) in [7, 11) is 0. The molecule has 2 aromatic heterocycles. The molecule has 2 N–H and O–H groups in total. The Morgan fingerprint density at radius 2 is 0.955 bits per heavy atom. The lowest BCUT2D eigenvalue weighted by molar-refractivity contribution is -0.345. The number of hydrogen-bond donors (Lipinski definition) is 2. The van der Waals surface area contributed by atoms with Crippen molar-refractivity contribution in [2.75, 3.05) is 10.6 Å². The van der Waals surface area contributed by atoms with Crippen molar-refractivity contribution in [1.29, 1.82) is 0 Å². The fourth-order valence-electron chi connectivity index (χ4n) is 4.14. The number of aromatic nitrogens is 2. The lowest BCUT2D eigenvalue weighted by Crippen LogP contribution is -2.67. The summed E-state index contributed by atoms with van der Waals surface area (Å²) in [5, 5.41) is 3.75. The predicted molar refractivity (Wildman–Crippen MR) is 151 cm³/mol. The summed E-state index contributed by atoms with van der Waals surface area (Å²) in [6.45, 7) is 7.00. The number of rotatable bonds is 9. The highest BCUT2D eigenvalue weighted by atomic mass is 32.1.